The van der Waals surface area contributed by atoms with Gasteiger partial charge in [0, 0.05) is 28.7 Å². The molecule has 0 saturated heterocycles. The minimum absolute atomic E-state index is 0.137. The number of ether oxygens (including phenoxy) is 3. The minimum Gasteiger partial charge on any atom is -0.491 e. The fourth-order valence-corrected chi connectivity index (χ4v) is 4.58. The lowest BCUT2D eigenvalue weighted by atomic mass is 9.79. The van der Waals surface area contributed by atoms with Gasteiger partial charge in [-0.1, -0.05) is 25.1 Å². The number of hydrogen-bond donors (Lipinski definition) is 1. The van der Waals surface area contributed by atoms with Gasteiger partial charge in [-0.3, -0.25) is 0 Å². The van der Waals surface area contributed by atoms with Gasteiger partial charge < -0.3 is 19.5 Å². The monoisotopic (exact) mass is 519 g/mol. The predicted molar refractivity (Wildman–Crippen MR) is 140 cm³/mol. The molecular formula is C29H30FN3O5. The van der Waals surface area contributed by atoms with Crippen molar-refractivity contribution in [3.8, 4) is 22.7 Å². The number of esters is 2. The summed E-state index contributed by atoms with van der Waals surface area (Å²) >= 11 is 0. The first-order valence-electron chi connectivity index (χ1n) is 12.2. The van der Waals surface area contributed by atoms with Gasteiger partial charge in [-0.25, -0.2) is 18.7 Å². The third-order valence-electron chi connectivity index (χ3n) is 6.31. The summed E-state index contributed by atoms with van der Waals surface area (Å²) in [7, 11) is 2.56. The van der Waals surface area contributed by atoms with Crippen molar-refractivity contribution in [3.05, 3.63) is 88.6 Å². The molecule has 2 aromatic carbocycles. The summed E-state index contributed by atoms with van der Waals surface area (Å²) in [6.07, 6.45) is 2.49. The molecule has 0 atom stereocenters. The second kappa shape index (κ2) is 11.3. The second-order valence-electron chi connectivity index (χ2n) is 8.83. The number of rotatable bonds is 8. The Labute approximate surface area is 220 Å². The average Bonchev–Trinajstić information content (AvgIpc) is 3.37. The van der Waals surface area contributed by atoms with Crippen LogP contribution in [0.3, 0.4) is 0 Å². The van der Waals surface area contributed by atoms with Gasteiger partial charge in [0.15, 0.2) is 11.6 Å². The van der Waals surface area contributed by atoms with Crippen LogP contribution in [-0.2, 0) is 19.1 Å². The fraction of sp³-hybridized carbons (Fsp3) is 0.276. The van der Waals surface area contributed by atoms with Crippen molar-refractivity contribution < 1.29 is 28.2 Å². The van der Waals surface area contributed by atoms with Gasteiger partial charge in [-0.05, 0) is 50.6 Å². The lowest BCUT2D eigenvalue weighted by Crippen LogP contribution is -2.32. The number of halogens is 1. The number of carbonyl (C=O) groups is 2. The summed E-state index contributed by atoms with van der Waals surface area (Å²) in [5.41, 5.74) is 3.63. The summed E-state index contributed by atoms with van der Waals surface area (Å²) in [4.78, 5) is 26.1. The van der Waals surface area contributed by atoms with Crippen molar-refractivity contribution in [2.75, 3.05) is 20.8 Å². The number of carbonyl (C=O) groups excluding carboxylic acids is 2. The Morgan fingerprint density at radius 1 is 1.00 bits per heavy atom. The van der Waals surface area contributed by atoms with Crippen LogP contribution in [0, 0.1) is 5.82 Å². The van der Waals surface area contributed by atoms with Crippen molar-refractivity contribution >= 4 is 11.9 Å². The summed E-state index contributed by atoms with van der Waals surface area (Å²) < 4.78 is 32.4. The Kier molecular flexibility index (Phi) is 7.95. The first-order chi connectivity index (χ1) is 18.3. The Morgan fingerprint density at radius 2 is 1.63 bits per heavy atom. The standard InChI is InChI=1S/C29H30FN3O5/c1-6-14-38-23-13-12-19(15-22(23)30)27-21(16-33(32-27)20-10-8-7-9-11-20)26-24(28(34)36-4)17(2)31-18(3)25(26)29(35)37-5/h7-13,15-16,26,31H,6,14H2,1-5H3. The van der Waals surface area contributed by atoms with Crippen LogP contribution < -0.4 is 10.1 Å². The van der Waals surface area contributed by atoms with Crippen LogP contribution in [0.4, 0.5) is 4.39 Å². The quantitative estimate of drug-likeness (QED) is 0.417. The molecule has 0 saturated carbocycles. The number of dihydropyridines is 1. The van der Waals surface area contributed by atoms with E-state index in [1.807, 2.05) is 37.3 Å². The van der Waals surface area contributed by atoms with Crippen LogP contribution in [0.1, 0.15) is 38.7 Å². The van der Waals surface area contributed by atoms with Gasteiger partial charge in [0.1, 0.15) is 0 Å². The molecule has 198 valence electrons. The SMILES string of the molecule is CCCOc1ccc(-c2nn(-c3ccccc3)cc2C2C(C(=O)OC)=C(C)NC(C)=C2C(=O)OC)cc1F. The van der Waals surface area contributed by atoms with E-state index in [-0.39, 0.29) is 16.9 Å². The van der Waals surface area contributed by atoms with Crippen LogP contribution in [0.2, 0.25) is 0 Å². The normalized spacial score (nSPS) is 13.8. The van der Waals surface area contributed by atoms with E-state index in [9.17, 15) is 9.59 Å². The molecule has 4 rings (SSSR count). The highest BCUT2D eigenvalue weighted by Crippen LogP contribution is 2.43. The number of hydrogen-bond acceptors (Lipinski definition) is 7. The van der Waals surface area contributed by atoms with E-state index in [4.69, 9.17) is 19.3 Å². The van der Waals surface area contributed by atoms with Crippen molar-refractivity contribution in [1.29, 1.82) is 0 Å². The van der Waals surface area contributed by atoms with E-state index in [0.29, 0.717) is 34.8 Å². The summed E-state index contributed by atoms with van der Waals surface area (Å²) in [5, 5.41) is 7.88. The number of nitrogens with one attached hydrogen (secondary N) is 1. The lowest BCUT2D eigenvalue weighted by Gasteiger charge is -2.29. The van der Waals surface area contributed by atoms with E-state index in [0.717, 1.165) is 12.1 Å². The molecule has 1 aliphatic rings. The summed E-state index contributed by atoms with van der Waals surface area (Å²) in [6.45, 7) is 5.80. The van der Waals surface area contributed by atoms with Crippen LogP contribution in [-0.4, -0.2) is 42.5 Å². The third kappa shape index (κ3) is 5.04. The molecule has 1 aromatic heterocycles. The number of aromatic nitrogens is 2. The molecule has 3 aromatic rings. The van der Waals surface area contributed by atoms with Gasteiger partial charge >= 0.3 is 11.9 Å². The van der Waals surface area contributed by atoms with Crippen LogP contribution in [0.15, 0.2) is 77.3 Å². The molecule has 0 fully saturated rings. The van der Waals surface area contributed by atoms with Crippen LogP contribution in [0.5, 0.6) is 5.75 Å². The van der Waals surface area contributed by atoms with E-state index >= 15 is 4.39 Å². The highest BCUT2D eigenvalue weighted by atomic mass is 19.1. The zero-order valence-corrected chi connectivity index (χ0v) is 22.0. The summed E-state index contributed by atoms with van der Waals surface area (Å²) in [5.74, 6) is -2.51. The van der Waals surface area contributed by atoms with Crippen molar-refractivity contribution in [3.63, 3.8) is 0 Å². The number of benzene rings is 2. The number of para-hydroxylation sites is 1. The van der Waals surface area contributed by atoms with Crippen molar-refractivity contribution in [1.82, 2.24) is 15.1 Å². The molecule has 1 aliphatic heterocycles. The molecule has 0 amide bonds. The van der Waals surface area contributed by atoms with Gasteiger partial charge in [0.05, 0.1) is 49.3 Å². The number of allylic oxidation sites excluding steroid dienone is 2. The Hall–Kier alpha value is -4.40. The molecule has 9 heteroatoms. The van der Waals surface area contributed by atoms with Crippen molar-refractivity contribution in [2.24, 2.45) is 0 Å². The largest absolute Gasteiger partial charge is 0.491 e. The van der Waals surface area contributed by atoms with Crippen molar-refractivity contribution in [2.45, 2.75) is 33.1 Å². The molecule has 0 unspecified atom stereocenters. The van der Waals surface area contributed by atoms with Crippen LogP contribution >= 0.6 is 0 Å². The minimum atomic E-state index is -0.886. The Balaban J connectivity index is 1.99. The maximum absolute atomic E-state index is 15.1. The van der Waals surface area contributed by atoms with Gasteiger partial charge in [0.2, 0.25) is 0 Å². The lowest BCUT2D eigenvalue weighted by molar-refractivity contribution is -0.137. The molecule has 1 N–H and O–H groups in total. The highest BCUT2D eigenvalue weighted by Gasteiger charge is 2.40. The van der Waals surface area contributed by atoms with Gasteiger partial charge in [0.25, 0.3) is 0 Å². The van der Waals surface area contributed by atoms with Gasteiger partial charge in [-0.15, -0.1) is 0 Å². The molecule has 0 bridgehead atoms. The number of nitrogens with zero attached hydrogens (tertiary/aromatic N) is 2. The first-order valence-corrected chi connectivity index (χ1v) is 12.2. The fourth-order valence-electron chi connectivity index (χ4n) is 4.58. The molecule has 0 radical (unpaired) electrons. The van der Waals surface area contributed by atoms with E-state index in [1.165, 1.54) is 20.3 Å². The van der Waals surface area contributed by atoms with Gasteiger partial charge in [-0.2, -0.15) is 5.10 Å². The third-order valence-corrected chi connectivity index (χ3v) is 6.31. The highest BCUT2D eigenvalue weighted by molar-refractivity contribution is 6.00. The predicted octanol–water partition coefficient (Wildman–Crippen LogP) is 5.05. The topological polar surface area (TPSA) is 91.7 Å². The molecule has 2 heterocycles. The summed E-state index contributed by atoms with van der Waals surface area (Å²) in [6, 6.07) is 14.0. The van der Waals surface area contributed by atoms with E-state index in [2.05, 4.69) is 5.32 Å². The second-order valence-corrected chi connectivity index (χ2v) is 8.83. The Morgan fingerprint density at radius 3 is 2.18 bits per heavy atom. The Bertz CT molecular complexity index is 1390. The molecular weight excluding hydrogens is 489 g/mol. The molecule has 0 spiro atoms. The maximum Gasteiger partial charge on any atom is 0.336 e. The maximum atomic E-state index is 15.1. The zero-order valence-electron chi connectivity index (χ0n) is 22.0. The van der Waals surface area contributed by atoms with Crippen LogP contribution in [0.25, 0.3) is 16.9 Å². The zero-order chi connectivity index (χ0) is 27.4. The molecule has 0 aliphatic carbocycles. The molecule has 8 nitrogen and oxygen atoms in total. The first kappa shape index (κ1) is 26.7. The molecule has 38 heavy (non-hydrogen) atoms. The smallest absolute Gasteiger partial charge is 0.336 e. The average molecular weight is 520 g/mol. The van der Waals surface area contributed by atoms with E-state index < -0.39 is 23.7 Å². The van der Waals surface area contributed by atoms with E-state index in [1.54, 1.807) is 36.9 Å². The number of methoxy groups -OCH3 is 2.